The maximum Gasteiger partial charge on any atom is 0.271 e. The first-order valence-electron chi connectivity index (χ1n) is 9.86. The minimum absolute atomic E-state index is 0.0888. The van der Waals surface area contributed by atoms with Crippen LogP contribution >= 0.6 is 0 Å². The van der Waals surface area contributed by atoms with Crippen molar-refractivity contribution in [2.75, 3.05) is 13.7 Å². The van der Waals surface area contributed by atoms with Gasteiger partial charge in [-0.1, -0.05) is 12.1 Å². The van der Waals surface area contributed by atoms with Crippen molar-refractivity contribution in [3.8, 4) is 5.75 Å². The lowest BCUT2D eigenvalue weighted by molar-refractivity contribution is -0.151. The molecule has 3 atom stereocenters. The number of nitrogens with one attached hydrogen (secondary N) is 2. The Kier molecular flexibility index (Phi) is 5.60. The number of ether oxygens (including phenoxy) is 1. The van der Waals surface area contributed by atoms with E-state index in [4.69, 9.17) is 4.74 Å². The molecular weight excluding hydrogens is 386 g/mol. The van der Waals surface area contributed by atoms with E-state index in [0.29, 0.717) is 25.8 Å². The molecule has 156 valence electrons. The molecule has 4 rings (SSSR count). The van der Waals surface area contributed by atoms with Crippen LogP contribution in [-0.2, 0) is 16.0 Å². The van der Waals surface area contributed by atoms with Gasteiger partial charge < -0.3 is 20.3 Å². The third-order valence-electron chi connectivity index (χ3n) is 5.53. The standard InChI is InChI=1S/C21H23N5O4/c1-30-15-4-2-13(3-5-15)10-16-21(29)26-9-6-14(11-18(26)20(28)25-16)24-19(27)17-12-22-7-8-23-17/h2-5,7-8,12,14,16,18H,6,9-11H2,1H3,(H,24,27)(H,25,28)/t14-,16-,18-/m0/s1. The van der Waals surface area contributed by atoms with Gasteiger partial charge in [-0.15, -0.1) is 0 Å². The Morgan fingerprint density at radius 1 is 1.27 bits per heavy atom. The van der Waals surface area contributed by atoms with Crippen LogP contribution in [-0.4, -0.2) is 64.4 Å². The predicted octanol–water partition coefficient (Wildman–Crippen LogP) is 0.316. The number of hydrogen-bond donors (Lipinski definition) is 2. The Bertz CT molecular complexity index is 934. The quantitative estimate of drug-likeness (QED) is 0.735. The molecule has 0 bridgehead atoms. The molecule has 3 heterocycles. The number of carbonyl (C=O) groups is 3. The largest absolute Gasteiger partial charge is 0.497 e. The van der Waals surface area contributed by atoms with Crippen LogP contribution in [0.2, 0.25) is 0 Å². The number of piperidine rings is 1. The van der Waals surface area contributed by atoms with E-state index in [0.717, 1.165) is 11.3 Å². The molecule has 1 aromatic heterocycles. The Hall–Kier alpha value is -3.49. The summed E-state index contributed by atoms with van der Waals surface area (Å²) in [6.45, 7) is 0.418. The zero-order valence-corrected chi connectivity index (χ0v) is 16.6. The number of piperazine rings is 1. The van der Waals surface area contributed by atoms with E-state index in [1.165, 1.54) is 18.6 Å². The SMILES string of the molecule is COc1ccc(C[C@@H]2NC(=O)[C@@H]3C[C@@H](NC(=O)c4cnccn4)CCN3C2=O)cc1. The van der Waals surface area contributed by atoms with Crippen molar-refractivity contribution in [2.45, 2.75) is 37.4 Å². The second-order valence-corrected chi connectivity index (χ2v) is 7.45. The molecule has 1 aromatic carbocycles. The number of hydrogen-bond acceptors (Lipinski definition) is 6. The molecule has 0 saturated carbocycles. The maximum absolute atomic E-state index is 13.0. The highest BCUT2D eigenvalue weighted by Gasteiger charge is 2.44. The van der Waals surface area contributed by atoms with Crippen LogP contribution < -0.4 is 15.4 Å². The topological polar surface area (TPSA) is 114 Å². The molecule has 2 saturated heterocycles. The van der Waals surface area contributed by atoms with Gasteiger partial charge in [-0.2, -0.15) is 0 Å². The van der Waals surface area contributed by atoms with Gasteiger partial charge in [0.05, 0.1) is 13.3 Å². The summed E-state index contributed by atoms with van der Waals surface area (Å²) < 4.78 is 5.15. The van der Waals surface area contributed by atoms with Crippen LogP contribution in [0.5, 0.6) is 5.75 Å². The minimum atomic E-state index is -0.590. The number of methoxy groups -OCH3 is 1. The fourth-order valence-corrected chi connectivity index (χ4v) is 3.95. The van der Waals surface area contributed by atoms with E-state index in [-0.39, 0.29) is 29.5 Å². The van der Waals surface area contributed by atoms with Crippen LogP contribution in [0.1, 0.15) is 28.9 Å². The lowest BCUT2D eigenvalue weighted by Crippen LogP contribution is -2.67. The van der Waals surface area contributed by atoms with Gasteiger partial charge in [0, 0.05) is 31.4 Å². The van der Waals surface area contributed by atoms with Gasteiger partial charge in [0.1, 0.15) is 23.5 Å². The van der Waals surface area contributed by atoms with Crippen molar-refractivity contribution < 1.29 is 19.1 Å². The number of amides is 3. The minimum Gasteiger partial charge on any atom is -0.497 e. The van der Waals surface area contributed by atoms with Gasteiger partial charge in [0.25, 0.3) is 5.91 Å². The van der Waals surface area contributed by atoms with E-state index in [9.17, 15) is 14.4 Å². The zero-order valence-electron chi connectivity index (χ0n) is 16.6. The van der Waals surface area contributed by atoms with E-state index in [1.54, 1.807) is 12.0 Å². The smallest absolute Gasteiger partial charge is 0.271 e. The van der Waals surface area contributed by atoms with E-state index < -0.39 is 12.1 Å². The van der Waals surface area contributed by atoms with E-state index in [2.05, 4.69) is 20.6 Å². The number of carbonyl (C=O) groups excluding carboxylic acids is 3. The fraction of sp³-hybridized carbons (Fsp3) is 0.381. The summed E-state index contributed by atoms with van der Waals surface area (Å²) in [5.74, 6) is 0.130. The van der Waals surface area contributed by atoms with Gasteiger partial charge >= 0.3 is 0 Å². The number of aromatic nitrogens is 2. The van der Waals surface area contributed by atoms with Gasteiger partial charge in [0.2, 0.25) is 11.8 Å². The molecule has 0 spiro atoms. The van der Waals surface area contributed by atoms with Crippen LogP contribution in [0, 0.1) is 0 Å². The predicted molar refractivity (Wildman–Crippen MR) is 107 cm³/mol. The molecule has 30 heavy (non-hydrogen) atoms. The zero-order chi connectivity index (χ0) is 21.1. The van der Waals surface area contributed by atoms with Crippen molar-refractivity contribution in [1.29, 1.82) is 0 Å². The van der Waals surface area contributed by atoms with Crippen molar-refractivity contribution in [1.82, 2.24) is 25.5 Å². The molecule has 2 aromatic rings. The lowest BCUT2D eigenvalue weighted by Gasteiger charge is -2.44. The average Bonchev–Trinajstić information content (AvgIpc) is 2.78. The molecule has 2 N–H and O–H groups in total. The summed E-state index contributed by atoms with van der Waals surface area (Å²) in [6.07, 6.45) is 5.72. The molecule has 2 fully saturated rings. The molecule has 2 aliphatic heterocycles. The summed E-state index contributed by atoms with van der Waals surface area (Å²) in [5, 5.41) is 5.75. The molecule has 9 heteroatoms. The summed E-state index contributed by atoms with van der Waals surface area (Å²) in [6, 6.07) is 6.06. The van der Waals surface area contributed by atoms with Crippen LogP contribution in [0.4, 0.5) is 0 Å². The first kappa shape index (κ1) is 19.8. The Labute approximate surface area is 173 Å². The van der Waals surface area contributed by atoms with Crippen molar-refractivity contribution in [3.05, 3.63) is 54.1 Å². The van der Waals surface area contributed by atoms with Crippen LogP contribution in [0.3, 0.4) is 0 Å². The first-order chi connectivity index (χ1) is 14.5. The summed E-state index contributed by atoms with van der Waals surface area (Å²) in [7, 11) is 1.60. The van der Waals surface area contributed by atoms with E-state index >= 15 is 0 Å². The maximum atomic E-state index is 13.0. The fourth-order valence-electron chi connectivity index (χ4n) is 3.95. The Morgan fingerprint density at radius 2 is 2.07 bits per heavy atom. The lowest BCUT2D eigenvalue weighted by atomic mass is 9.91. The highest BCUT2D eigenvalue weighted by atomic mass is 16.5. The summed E-state index contributed by atoms with van der Waals surface area (Å²) in [5.41, 5.74) is 1.17. The number of nitrogens with zero attached hydrogens (tertiary/aromatic N) is 3. The number of benzene rings is 1. The van der Waals surface area contributed by atoms with Crippen molar-refractivity contribution in [3.63, 3.8) is 0 Å². The van der Waals surface area contributed by atoms with Crippen LogP contribution in [0.25, 0.3) is 0 Å². The first-order valence-corrected chi connectivity index (χ1v) is 9.86. The Balaban J connectivity index is 1.38. The molecule has 0 unspecified atom stereocenters. The third-order valence-corrected chi connectivity index (χ3v) is 5.53. The van der Waals surface area contributed by atoms with Gasteiger partial charge in [-0.05, 0) is 30.5 Å². The highest BCUT2D eigenvalue weighted by Crippen LogP contribution is 2.24. The van der Waals surface area contributed by atoms with E-state index in [1.807, 2.05) is 24.3 Å². The number of rotatable bonds is 5. The highest BCUT2D eigenvalue weighted by molar-refractivity contribution is 5.97. The molecule has 2 aliphatic rings. The molecular formula is C21H23N5O4. The van der Waals surface area contributed by atoms with Crippen molar-refractivity contribution >= 4 is 17.7 Å². The van der Waals surface area contributed by atoms with Crippen LogP contribution in [0.15, 0.2) is 42.9 Å². The molecule has 0 aliphatic carbocycles. The average molecular weight is 409 g/mol. The second-order valence-electron chi connectivity index (χ2n) is 7.45. The summed E-state index contributed by atoms with van der Waals surface area (Å²) >= 11 is 0. The molecule has 3 amide bonds. The normalized spacial score (nSPS) is 23.4. The monoisotopic (exact) mass is 409 g/mol. The molecule has 0 radical (unpaired) electrons. The number of fused-ring (bicyclic) bond motifs is 1. The van der Waals surface area contributed by atoms with Gasteiger partial charge in [0.15, 0.2) is 0 Å². The summed E-state index contributed by atoms with van der Waals surface area (Å²) in [4.78, 5) is 47.5. The Morgan fingerprint density at radius 3 is 2.77 bits per heavy atom. The third kappa shape index (κ3) is 4.10. The van der Waals surface area contributed by atoms with Gasteiger partial charge in [-0.3, -0.25) is 19.4 Å². The van der Waals surface area contributed by atoms with Gasteiger partial charge in [-0.25, -0.2) is 4.98 Å². The molecule has 9 nitrogen and oxygen atoms in total. The second kappa shape index (κ2) is 8.48. The van der Waals surface area contributed by atoms with Crippen molar-refractivity contribution in [2.24, 2.45) is 0 Å².